The average molecular weight is 795 g/mol. The summed E-state index contributed by atoms with van der Waals surface area (Å²) in [6.07, 6.45) is 11.1. The molecule has 0 spiro atoms. The second-order valence-electron chi connectivity index (χ2n) is 15.7. The standard InChI is InChI=1S/C42H72ClNO5SSi2/c1-13-51(14-2,15-3)48-38-29-39(45)47-37(33(9)28-35-30-50-34(10)44-35)26-25-31(7)22-21-23-32(8)40(49-52(16-4,17-5)18-6)36(24-19-20-27-43)41(46)42(38,11)12/h21,23,25,28,30,32,36-38,40H,13-20,22,24,26-27,29H2,1-12H3/b23-21+,31-25-,33-28+/t32-,36+,37-,38-,40-/m0/s1. The number of nitrogens with zero attached hydrogens (tertiary/aromatic N) is 1. The first-order chi connectivity index (χ1) is 24.6. The number of alkyl halides is 1. The minimum atomic E-state index is -2.25. The summed E-state index contributed by atoms with van der Waals surface area (Å²) in [7, 11) is -4.36. The number of hydrogen-bond donors (Lipinski definition) is 0. The van der Waals surface area contributed by atoms with Crippen LogP contribution in [0.5, 0.6) is 0 Å². The van der Waals surface area contributed by atoms with Crippen molar-refractivity contribution in [3.8, 4) is 0 Å². The number of thiazole rings is 1. The molecule has 296 valence electrons. The highest BCUT2D eigenvalue weighted by Crippen LogP contribution is 2.41. The molecule has 2 heterocycles. The van der Waals surface area contributed by atoms with Gasteiger partial charge >= 0.3 is 5.97 Å². The molecular weight excluding hydrogens is 722 g/mol. The van der Waals surface area contributed by atoms with Gasteiger partial charge in [0.2, 0.25) is 0 Å². The van der Waals surface area contributed by atoms with Crippen LogP contribution < -0.4 is 0 Å². The maximum Gasteiger partial charge on any atom is 0.309 e. The molecule has 1 aromatic rings. The molecule has 0 radical (unpaired) electrons. The summed E-state index contributed by atoms with van der Waals surface area (Å²) >= 11 is 7.82. The SMILES string of the molecule is CC[Si](CC)(CC)O[C@H]1[C@@H](C)/C=C/C/C(C)=C\C[C@@H](/C(C)=C/c2csc(C)n2)OC(=O)C[C@H](O[Si](CC)(CC)CC)C(C)(C)C(=O)[C@@H]1CCCCCl. The van der Waals surface area contributed by atoms with Gasteiger partial charge in [-0.05, 0) is 93.9 Å². The lowest BCUT2D eigenvalue weighted by molar-refractivity contribution is -0.153. The van der Waals surface area contributed by atoms with Crippen LogP contribution in [0.1, 0.15) is 125 Å². The number of esters is 1. The van der Waals surface area contributed by atoms with Gasteiger partial charge in [0.25, 0.3) is 0 Å². The average Bonchev–Trinajstić information content (AvgIpc) is 3.54. The highest BCUT2D eigenvalue weighted by Gasteiger charge is 2.49. The van der Waals surface area contributed by atoms with Gasteiger partial charge in [0.05, 0.1) is 29.3 Å². The van der Waals surface area contributed by atoms with Crippen LogP contribution in [0.25, 0.3) is 6.08 Å². The van der Waals surface area contributed by atoms with Gasteiger partial charge in [-0.25, -0.2) is 4.98 Å². The number of carbonyl (C=O) groups excluding carboxylic acids is 2. The lowest BCUT2D eigenvalue weighted by atomic mass is 9.71. The zero-order chi connectivity index (χ0) is 39.1. The third-order valence-corrected chi connectivity index (χ3v) is 22.3. The Balaban J connectivity index is 2.81. The predicted molar refractivity (Wildman–Crippen MR) is 227 cm³/mol. The maximum absolute atomic E-state index is 15.4. The van der Waals surface area contributed by atoms with Crippen LogP contribution in [0.2, 0.25) is 36.3 Å². The van der Waals surface area contributed by atoms with Gasteiger partial charge in [-0.1, -0.05) is 92.5 Å². The number of ketones is 1. The van der Waals surface area contributed by atoms with E-state index < -0.39 is 34.3 Å². The number of halogens is 1. The van der Waals surface area contributed by atoms with E-state index in [4.69, 9.17) is 25.2 Å². The third-order valence-electron chi connectivity index (χ3n) is 11.9. The number of ether oxygens (including phenoxy) is 1. The molecule has 0 bridgehead atoms. The molecule has 0 saturated heterocycles. The van der Waals surface area contributed by atoms with Crippen LogP contribution >= 0.6 is 22.9 Å². The Hall–Kier alpha value is -1.37. The Labute approximate surface area is 328 Å². The number of carbonyl (C=O) groups is 2. The van der Waals surface area contributed by atoms with Crippen molar-refractivity contribution in [1.82, 2.24) is 4.98 Å². The zero-order valence-electron chi connectivity index (χ0n) is 34.7. The molecule has 2 rings (SSSR count). The van der Waals surface area contributed by atoms with Crippen molar-refractivity contribution in [2.45, 2.75) is 176 Å². The zero-order valence-corrected chi connectivity index (χ0v) is 38.3. The van der Waals surface area contributed by atoms with Crippen molar-refractivity contribution in [2.24, 2.45) is 17.3 Å². The van der Waals surface area contributed by atoms with Crippen LogP contribution in [0, 0.1) is 24.2 Å². The van der Waals surface area contributed by atoms with E-state index in [1.54, 1.807) is 11.3 Å². The Morgan fingerprint density at radius 2 is 1.60 bits per heavy atom. The second-order valence-corrected chi connectivity index (χ2v) is 26.6. The fourth-order valence-corrected chi connectivity index (χ4v) is 14.3. The van der Waals surface area contributed by atoms with Gasteiger partial charge in [-0.3, -0.25) is 9.59 Å². The van der Waals surface area contributed by atoms with Gasteiger partial charge in [0.1, 0.15) is 11.9 Å². The van der Waals surface area contributed by atoms with Crippen molar-refractivity contribution in [2.75, 3.05) is 5.88 Å². The van der Waals surface area contributed by atoms with Crippen LogP contribution in [-0.2, 0) is 23.2 Å². The van der Waals surface area contributed by atoms with Crippen molar-refractivity contribution >= 4 is 57.4 Å². The predicted octanol–water partition coefficient (Wildman–Crippen LogP) is 12.5. The van der Waals surface area contributed by atoms with E-state index in [-0.39, 0.29) is 36.1 Å². The topological polar surface area (TPSA) is 74.7 Å². The molecular formula is C42H72ClNO5SSi2. The van der Waals surface area contributed by atoms with Crippen molar-refractivity contribution < 1.29 is 23.2 Å². The minimum absolute atomic E-state index is 0.0166. The van der Waals surface area contributed by atoms with Crippen molar-refractivity contribution in [3.63, 3.8) is 0 Å². The van der Waals surface area contributed by atoms with Crippen LogP contribution in [0.4, 0.5) is 0 Å². The fraction of sp³-hybridized carbons (Fsp3) is 0.738. The third kappa shape index (κ3) is 13.1. The highest BCUT2D eigenvalue weighted by atomic mass is 35.5. The fourth-order valence-electron chi connectivity index (χ4n) is 7.56. The number of rotatable bonds is 16. The largest absolute Gasteiger partial charge is 0.457 e. The second kappa shape index (κ2) is 22.3. The summed E-state index contributed by atoms with van der Waals surface area (Å²) in [5, 5.41) is 3.02. The molecule has 0 amide bonds. The van der Waals surface area contributed by atoms with Gasteiger partial charge in [0, 0.05) is 29.0 Å². The van der Waals surface area contributed by atoms with Gasteiger partial charge in [0.15, 0.2) is 16.6 Å². The number of aromatic nitrogens is 1. The number of allylic oxidation sites excluding steroid dienone is 2. The van der Waals surface area contributed by atoms with E-state index in [2.05, 4.69) is 78.6 Å². The molecule has 1 aliphatic heterocycles. The summed E-state index contributed by atoms with van der Waals surface area (Å²) in [4.78, 5) is 34.2. The minimum Gasteiger partial charge on any atom is -0.457 e. The van der Waals surface area contributed by atoms with Gasteiger partial charge in [-0.2, -0.15) is 0 Å². The van der Waals surface area contributed by atoms with E-state index in [9.17, 15) is 4.79 Å². The first-order valence-corrected chi connectivity index (χ1v) is 26.6. The Morgan fingerprint density at radius 1 is 1.00 bits per heavy atom. The first-order valence-electron chi connectivity index (χ1n) is 20.2. The molecule has 1 aromatic heterocycles. The van der Waals surface area contributed by atoms with Crippen LogP contribution in [0.3, 0.4) is 0 Å². The van der Waals surface area contributed by atoms with Crippen LogP contribution in [0.15, 0.2) is 34.8 Å². The molecule has 0 aromatic carbocycles. The van der Waals surface area contributed by atoms with Gasteiger partial charge in [-0.15, -0.1) is 22.9 Å². The first kappa shape index (κ1) is 46.8. The van der Waals surface area contributed by atoms with Gasteiger partial charge < -0.3 is 13.6 Å². The summed E-state index contributed by atoms with van der Waals surface area (Å²) < 4.78 is 21.0. The Bertz CT molecular complexity index is 1330. The van der Waals surface area contributed by atoms with Crippen molar-refractivity contribution in [3.05, 3.63) is 45.5 Å². The molecule has 0 aliphatic carbocycles. The number of hydrogen-bond acceptors (Lipinski definition) is 7. The van der Waals surface area contributed by atoms with Crippen LogP contribution in [-0.4, -0.2) is 57.6 Å². The molecule has 10 heteroatoms. The lowest BCUT2D eigenvalue weighted by Crippen LogP contribution is -2.53. The lowest BCUT2D eigenvalue weighted by Gasteiger charge is -2.44. The van der Waals surface area contributed by atoms with Crippen molar-refractivity contribution in [1.29, 1.82) is 0 Å². The number of Topliss-reactive ketones (excluding diaryl/α,β-unsaturated/α-hetero) is 1. The summed E-state index contributed by atoms with van der Waals surface area (Å²) in [6.45, 7) is 25.7. The Kier molecular flexibility index (Phi) is 20.0. The summed E-state index contributed by atoms with van der Waals surface area (Å²) in [6, 6.07) is 5.78. The quantitative estimate of drug-likeness (QED) is 0.0545. The summed E-state index contributed by atoms with van der Waals surface area (Å²) in [5.41, 5.74) is 2.05. The molecule has 52 heavy (non-hydrogen) atoms. The molecule has 6 nitrogen and oxygen atoms in total. The molecule has 1 aliphatic rings. The van der Waals surface area contributed by atoms with E-state index in [1.165, 1.54) is 5.57 Å². The molecule has 0 fully saturated rings. The highest BCUT2D eigenvalue weighted by molar-refractivity contribution is 7.09. The monoisotopic (exact) mass is 793 g/mol. The summed E-state index contributed by atoms with van der Waals surface area (Å²) in [5.74, 6) is 0.00771. The molecule has 5 atom stereocenters. The van der Waals surface area contributed by atoms with E-state index >= 15 is 4.79 Å². The van der Waals surface area contributed by atoms with E-state index in [1.807, 2.05) is 39.2 Å². The van der Waals surface area contributed by atoms with E-state index in [0.717, 1.165) is 71.8 Å². The van der Waals surface area contributed by atoms with E-state index in [0.29, 0.717) is 18.7 Å². The molecule has 0 saturated carbocycles. The number of aryl methyl sites for hydroxylation is 1. The maximum atomic E-state index is 15.4. The normalized spacial score (nSPS) is 26.1. The number of unbranched alkanes of at least 4 members (excludes halogenated alkanes) is 1. The smallest absolute Gasteiger partial charge is 0.309 e. The Morgan fingerprint density at radius 3 is 2.13 bits per heavy atom. The molecule has 0 N–H and O–H groups in total. The number of cyclic esters (lactones) is 1. The molecule has 0 unspecified atom stereocenters.